The smallest absolute Gasteiger partial charge is 0.183 e. The van der Waals surface area contributed by atoms with Gasteiger partial charge in [0.05, 0.1) is 4.88 Å². The van der Waals surface area contributed by atoms with E-state index in [4.69, 9.17) is 0 Å². The average molecular weight is 295 g/mol. The van der Waals surface area contributed by atoms with E-state index in [0.717, 1.165) is 23.8 Å². The second kappa shape index (κ2) is 6.50. The van der Waals surface area contributed by atoms with Gasteiger partial charge < -0.3 is 5.32 Å². The molecule has 4 heteroatoms. The lowest BCUT2D eigenvalue weighted by molar-refractivity contribution is 0.994. The molecule has 2 heterocycles. The van der Waals surface area contributed by atoms with Crippen LogP contribution in [0.1, 0.15) is 11.3 Å². The molecule has 1 N–H and O–H groups in total. The molecular formula is C17H17N3S. The summed E-state index contributed by atoms with van der Waals surface area (Å²) in [6.07, 6.45) is 4.82. The summed E-state index contributed by atoms with van der Waals surface area (Å²) >= 11 is 1.69. The number of benzene rings is 1. The van der Waals surface area contributed by atoms with E-state index in [1.54, 1.807) is 11.3 Å². The molecule has 0 aliphatic rings. The predicted octanol–water partition coefficient (Wildman–Crippen LogP) is 4.17. The van der Waals surface area contributed by atoms with E-state index >= 15 is 0 Å². The Morgan fingerprint density at radius 2 is 1.86 bits per heavy atom. The van der Waals surface area contributed by atoms with Gasteiger partial charge in [0.2, 0.25) is 0 Å². The van der Waals surface area contributed by atoms with Gasteiger partial charge in [0.1, 0.15) is 0 Å². The number of aryl methyl sites for hydroxylation is 1. The third-order valence-electron chi connectivity index (χ3n) is 3.23. The first kappa shape index (κ1) is 13.8. The van der Waals surface area contributed by atoms with Crippen LogP contribution in [0.3, 0.4) is 0 Å². The molecule has 3 nitrogen and oxygen atoms in total. The van der Waals surface area contributed by atoms with Crippen molar-refractivity contribution >= 4 is 16.5 Å². The summed E-state index contributed by atoms with van der Waals surface area (Å²) in [5.41, 5.74) is 3.51. The van der Waals surface area contributed by atoms with Gasteiger partial charge in [-0.25, -0.2) is 4.98 Å². The molecule has 3 aromatic rings. The molecule has 0 saturated carbocycles. The standard InChI is InChI=1S/C17H17N3S/c1-13-7-8-14(11-19-13)9-10-18-17-20-12-16(21-17)15-5-3-2-4-6-15/h2-8,11-12H,9-10H2,1H3,(H,18,20). The fourth-order valence-corrected chi connectivity index (χ4v) is 2.90. The van der Waals surface area contributed by atoms with Gasteiger partial charge in [-0.3, -0.25) is 4.98 Å². The average Bonchev–Trinajstić information content (AvgIpc) is 2.99. The molecule has 2 aromatic heterocycles. The van der Waals surface area contributed by atoms with Gasteiger partial charge >= 0.3 is 0 Å². The predicted molar refractivity (Wildman–Crippen MR) is 88.7 cm³/mol. The number of nitrogens with zero attached hydrogens (tertiary/aromatic N) is 2. The highest BCUT2D eigenvalue weighted by Crippen LogP contribution is 2.28. The summed E-state index contributed by atoms with van der Waals surface area (Å²) in [5, 5.41) is 4.34. The van der Waals surface area contributed by atoms with Crippen LogP contribution in [0.25, 0.3) is 10.4 Å². The first-order valence-electron chi connectivity index (χ1n) is 6.98. The summed E-state index contributed by atoms with van der Waals surface area (Å²) in [7, 11) is 0. The Labute approximate surface area is 128 Å². The third kappa shape index (κ3) is 3.67. The number of rotatable bonds is 5. The Balaban J connectivity index is 1.57. The fourth-order valence-electron chi connectivity index (χ4n) is 2.05. The number of hydrogen-bond acceptors (Lipinski definition) is 4. The van der Waals surface area contributed by atoms with Gasteiger partial charge in [0, 0.05) is 24.6 Å². The Kier molecular flexibility index (Phi) is 4.26. The Bertz CT molecular complexity index is 690. The molecule has 0 aliphatic carbocycles. The fraction of sp³-hybridized carbons (Fsp3) is 0.176. The lowest BCUT2D eigenvalue weighted by atomic mass is 10.2. The first-order chi connectivity index (χ1) is 10.3. The number of thiazole rings is 1. The van der Waals surface area contributed by atoms with E-state index in [9.17, 15) is 0 Å². The molecule has 0 aliphatic heterocycles. The Hall–Kier alpha value is -2.20. The highest BCUT2D eigenvalue weighted by atomic mass is 32.1. The van der Waals surface area contributed by atoms with E-state index in [2.05, 4.69) is 33.5 Å². The van der Waals surface area contributed by atoms with E-state index in [1.165, 1.54) is 16.0 Å². The van der Waals surface area contributed by atoms with Crippen molar-refractivity contribution in [3.05, 3.63) is 66.1 Å². The van der Waals surface area contributed by atoms with Crippen LogP contribution in [0, 0.1) is 6.92 Å². The maximum absolute atomic E-state index is 4.43. The van der Waals surface area contributed by atoms with Crippen molar-refractivity contribution in [3.8, 4) is 10.4 Å². The molecule has 3 rings (SSSR count). The van der Waals surface area contributed by atoms with Crippen LogP contribution < -0.4 is 5.32 Å². The Morgan fingerprint density at radius 3 is 2.62 bits per heavy atom. The maximum atomic E-state index is 4.43. The van der Waals surface area contributed by atoms with E-state index < -0.39 is 0 Å². The van der Waals surface area contributed by atoms with Gasteiger partial charge in [-0.05, 0) is 30.5 Å². The molecule has 0 bridgehead atoms. The molecular weight excluding hydrogens is 278 g/mol. The van der Waals surface area contributed by atoms with Gasteiger partial charge in [0.25, 0.3) is 0 Å². The number of hydrogen-bond donors (Lipinski definition) is 1. The van der Waals surface area contributed by atoms with Crippen LogP contribution in [0.2, 0.25) is 0 Å². The second-order valence-electron chi connectivity index (χ2n) is 4.88. The number of aromatic nitrogens is 2. The largest absolute Gasteiger partial charge is 0.361 e. The van der Waals surface area contributed by atoms with Crippen LogP contribution in [0.5, 0.6) is 0 Å². The van der Waals surface area contributed by atoms with Crippen LogP contribution >= 0.6 is 11.3 Å². The summed E-state index contributed by atoms with van der Waals surface area (Å²) in [6.45, 7) is 2.87. The van der Waals surface area contributed by atoms with Gasteiger partial charge in [0.15, 0.2) is 5.13 Å². The quantitative estimate of drug-likeness (QED) is 0.767. The molecule has 0 atom stereocenters. The van der Waals surface area contributed by atoms with Crippen molar-refractivity contribution in [3.63, 3.8) is 0 Å². The number of anilines is 1. The second-order valence-corrected chi connectivity index (χ2v) is 5.91. The van der Waals surface area contributed by atoms with Crippen LogP contribution in [0.15, 0.2) is 54.9 Å². The van der Waals surface area contributed by atoms with Crippen LogP contribution in [-0.4, -0.2) is 16.5 Å². The van der Waals surface area contributed by atoms with E-state index in [0.29, 0.717) is 0 Å². The molecule has 106 valence electrons. The number of nitrogens with one attached hydrogen (secondary N) is 1. The lowest BCUT2D eigenvalue weighted by Crippen LogP contribution is -2.04. The molecule has 21 heavy (non-hydrogen) atoms. The first-order valence-corrected chi connectivity index (χ1v) is 7.79. The summed E-state index contributed by atoms with van der Waals surface area (Å²) in [6, 6.07) is 14.5. The van der Waals surface area contributed by atoms with Crippen LogP contribution in [-0.2, 0) is 6.42 Å². The van der Waals surface area contributed by atoms with E-state index in [1.807, 2.05) is 43.6 Å². The van der Waals surface area contributed by atoms with Gasteiger partial charge in [-0.2, -0.15) is 0 Å². The molecule has 0 amide bonds. The van der Waals surface area contributed by atoms with Crippen molar-refractivity contribution in [1.82, 2.24) is 9.97 Å². The van der Waals surface area contributed by atoms with Crippen molar-refractivity contribution in [1.29, 1.82) is 0 Å². The van der Waals surface area contributed by atoms with Crippen molar-refractivity contribution in [2.75, 3.05) is 11.9 Å². The summed E-state index contributed by atoms with van der Waals surface area (Å²) < 4.78 is 0. The molecule has 0 saturated heterocycles. The molecule has 0 fully saturated rings. The minimum Gasteiger partial charge on any atom is -0.361 e. The minimum atomic E-state index is 0.868. The Morgan fingerprint density at radius 1 is 1.00 bits per heavy atom. The van der Waals surface area contributed by atoms with E-state index in [-0.39, 0.29) is 0 Å². The number of pyridine rings is 1. The SMILES string of the molecule is Cc1ccc(CCNc2ncc(-c3ccccc3)s2)cn1. The van der Waals surface area contributed by atoms with Crippen molar-refractivity contribution < 1.29 is 0 Å². The minimum absolute atomic E-state index is 0.868. The zero-order chi connectivity index (χ0) is 14.5. The highest BCUT2D eigenvalue weighted by Gasteiger charge is 2.03. The maximum Gasteiger partial charge on any atom is 0.183 e. The summed E-state index contributed by atoms with van der Waals surface area (Å²) in [5.74, 6) is 0. The van der Waals surface area contributed by atoms with Gasteiger partial charge in [-0.1, -0.05) is 47.7 Å². The zero-order valence-electron chi connectivity index (χ0n) is 11.9. The lowest BCUT2D eigenvalue weighted by Gasteiger charge is -2.03. The summed E-state index contributed by atoms with van der Waals surface area (Å²) in [4.78, 5) is 9.93. The van der Waals surface area contributed by atoms with Crippen molar-refractivity contribution in [2.24, 2.45) is 0 Å². The van der Waals surface area contributed by atoms with Gasteiger partial charge in [-0.15, -0.1) is 0 Å². The molecule has 0 spiro atoms. The normalized spacial score (nSPS) is 10.5. The molecule has 0 radical (unpaired) electrons. The molecule has 1 aromatic carbocycles. The zero-order valence-corrected chi connectivity index (χ0v) is 12.7. The monoisotopic (exact) mass is 295 g/mol. The molecule has 0 unspecified atom stereocenters. The van der Waals surface area contributed by atoms with Crippen LogP contribution in [0.4, 0.5) is 5.13 Å². The highest BCUT2D eigenvalue weighted by molar-refractivity contribution is 7.18. The van der Waals surface area contributed by atoms with Crippen molar-refractivity contribution in [2.45, 2.75) is 13.3 Å². The topological polar surface area (TPSA) is 37.8 Å². The third-order valence-corrected chi connectivity index (χ3v) is 4.23.